The summed E-state index contributed by atoms with van der Waals surface area (Å²) in [6, 6.07) is 25.0. The summed E-state index contributed by atoms with van der Waals surface area (Å²) in [5, 5.41) is 2.50. The van der Waals surface area contributed by atoms with Gasteiger partial charge in [-0.1, -0.05) is 66.2 Å². The molecule has 8 heteroatoms. The number of imide groups is 1. The lowest BCUT2D eigenvalue weighted by molar-refractivity contribution is -0.123. The summed E-state index contributed by atoms with van der Waals surface area (Å²) in [5.74, 6) is 0.685. The molecule has 1 aliphatic heterocycles. The quantitative estimate of drug-likeness (QED) is 0.203. The highest BCUT2D eigenvalue weighted by Crippen LogP contribution is 2.40. The Morgan fingerprint density at radius 2 is 1.73 bits per heavy atom. The Labute approximate surface area is 232 Å². The first-order valence-electron chi connectivity index (χ1n) is 11.4. The Kier molecular flexibility index (Phi) is 7.55. The van der Waals surface area contributed by atoms with Gasteiger partial charge < -0.3 is 9.47 Å². The second-order valence-corrected chi connectivity index (χ2v) is 10.6. The van der Waals surface area contributed by atoms with Crippen LogP contribution in [0.1, 0.15) is 16.7 Å². The number of hydrogen-bond donors (Lipinski definition) is 0. The lowest BCUT2D eigenvalue weighted by Crippen LogP contribution is -2.27. The highest BCUT2D eigenvalue weighted by molar-refractivity contribution is 9.10. The van der Waals surface area contributed by atoms with E-state index >= 15 is 0 Å². The molecule has 186 valence electrons. The molecule has 0 unspecified atom stereocenters. The molecule has 1 fully saturated rings. The average molecular weight is 595 g/mol. The minimum atomic E-state index is -0.322. The molecule has 2 amide bonds. The molecule has 0 bridgehead atoms. The number of carbonyl (C=O) groups excluding carboxylic acids is 2. The molecule has 0 N–H and O–H groups in total. The SMILES string of the molecule is COc1cc(/C=C2\SC(=O)N(Cc3ccc4ccccc4c3)C2=O)cc(Br)c1OCc1ccccc1Cl. The number of rotatable bonds is 7. The number of benzene rings is 4. The second kappa shape index (κ2) is 11.0. The van der Waals surface area contributed by atoms with Gasteiger partial charge in [0.1, 0.15) is 6.61 Å². The van der Waals surface area contributed by atoms with Crippen LogP contribution >= 0.6 is 39.3 Å². The summed E-state index contributed by atoms with van der Waals surface area (Å²) in [4.78, 5) is 27.5. The van der Waals surface area contributed by atoms with Crippen molar-refractivity contribution in [2.24, 2.45) is 0 Å². The van der Waals surface area contributed by atoms with Gasteiger partial charge in [0.15, 0.2) is 11.5 Å². The Morgan fingerprint density at radius 1 is 0.973 bits per heavy atom. The Morgan fingerprint density at radius 3 is 2.51 bits per heavy atom. The molecule has 1 saturated heterocycles. The molecule has 0 aliphatic carbocycles. The number of amides is 2. The predicted molar refractivity (Wildman–Crippen MR) is 152 cm³/mol. The maximum atomic E-state index is 13.1. The Hall–Kier alpha value is -3.26. The molecule has 0 aromatic heterocycles. The van der Waals surface area contributed by atoms with Gasteiger partial charge in [-0.2, -0.15) is 0 Å². The summed E-state index contributed by atoms with van der Waals surface area (Å²) < 4.78 is 12.2. The Bertz CT molecular complexity index is 1550. The number of hydrogen-bond acceptors (Lipinski definition) is 5. The van der Waals surface area contributed by atoms with Crippen LogP contribution in [-0.4, -0.2) is 23.2 Å². The summed E-state index contributed by atoms with van der Waals surface area (Å²) in [6.45, 7) is 0.482. The summed E-state index contributed by atoms with van der Waals surface area (Å²) in [6.07, 6.45) is 1.69. The van der Waals surface area contributed by atoms with Crippen molar-refractivity contribution in [2.75, 3.05) is 7.11 Å². The molecule has 1 heterocycles. The van der Waals surface area contributed by atoms with Crippen LogP contribution in [0.25, 0.3) is 16.8 Å². The standard InChI is InChI=1S/C29H21BrClNO4S/c1-35-25-14-19(13-23(30)27(25)36-17-22-8-4-5-9-24(22)31)15-26-28(33)32(29(34)37-26)16-18-10-11-20-6-2-3-7-21(20)12-18/h2-15H,16-17H2,1H3/b26-15-. The predicted octanol–water partition coefficient (Wildman–Crippen LogP) is 8.08. The molecule has 5 nitrogen and oxygen atoms in total. The van der Waals surface area contributed by atoms with Crippen LogP contribution in [0.15, 0.2) is 88.2 Å². The van der Waals surface area contributed by atoms with Crippen molar-refractivity contribution in [1.29, 1.82) is 0 Å². The minimum Gasteiger partial charge on any atom is -0.493 e. The molecular formula is C29H21BrClNO4S. The van der Waals surface area contributed by atoms with E-state index in [-0.39, 0.29) is 24.3 Å². The van der Waals surface area contributed by atoms with Gasteiger partial charge in [-0.25, -0.2) is 0 Å². The van der Waals surface area contributed by atoms with Gasteiger partial charge in [0.25, 0.3) is 11.1 Å². The van der Waals surface area contributed by atoms with Crippen molar-refractivity contribution >= 4 is 67.3 Å². The number of halogens is 2. The van der Waals surface area contributed by atoms with Crippen LogP contribution in [0.2, 0.25) is 5.02 Å². The van der Waals surface area contributed by atoms with Gasteiger partial charge in [-0.3, -0.25) is 14.5 Å². The van der Waals surface area contributed by atoms with Crippen LogP contribution in [0.5, 0.6) is 11.5 Å². The molecule has 4 aromatic carbocycles. The lowest BCUT2D eigenvalue weighted by atomic mass is 10.1. The van der Waals surface area contributed by atoms with Gasteiger partial charge >= 0.3 is 0 Å². The van der Waals surface area contributed by atoms with E-state index in [1.165, 1.54) is 4.90 Å². The van der Waals surface area contributed by atoms with Gasteiger partial charge in [0, 0.05) is 10.6 Å². The zero-order valence-corrected chi connectivity index (χ0v) is 22.9. The normalized spacial score (nSPS) is 14.6. The van der Waals surface area contributed by atoms with E-state index in [0.29, 0.717) is 31.5 Å². The van der Waals surface area contributed by atoms with Crippen LogP contribution in [0.4, 0.5) is 4.79 Å². The molecule has 4 aromatic rings. The fraction of sp³-hybridized carbons (Fsp3) is 0.103. The van der Waals surface area contributed by atoms with Gasteiger partial charge in [-0.15, -0.1) is 0 Å². The van der Waals surface area contributed by atoms with Gasteiger partial charge in [0.2, 0.25) is 0 Å². The van der Waals surface area contributed by atoms with Crippen molar-refractivity contribution in [3.8, 4) is 11.5 Å². The van der Waals surface area contributed by atoms with Crippen molar-refractivity contribution in [3.63, 3.8) is 0 Å². The Balaban J connectivity index is 1.35. The first kappa shape index (κ1) is 25.4. The number of thioether (sulfide) groups is 1. The van der Waals surface area contributed by atoms with E-state index in [9.17, 15) is 9.59 Å². The second-order valence-electron chi connectivity index (χ2n) is 8.36. The first-order chi connectivity index (χ1) is 17.9. The highest BCUT2D eigenvalue weighted by Gasteiger charge is 2.35. The third-order valence-corrected chi connectivity index (χ3v) is 7.77. The summed E-state index contributed by atoms with van der Waals surface area (Å²) in [5.41, 5.74) is 2.44. The van der Waals surface area contributed by atoms with Crippen molar-refractivity contribution in [1.82, 2.24) is 4.90 Å². The maximum absolute atomic E-state index is 13.1. The number of nitrogens with zero attached hydrogens (tertiary/aromatic N) is 1. The molecular weight excluding hydrogens is 574 g/mol. The largest absolute Gasteiger partial charge is 0.493 e. The van der Waals surface area contributed by atoms with Crippen LogP contribution < -0.4 is 9.47 Å². The van der Waals surface area contributed by atoms with Gasteiger partial charge in [-0.05, 0) is 79.9 Å². The minimum absolute atomic E-state index is 0.217. The fourth-order valence-corrected chi connectivity index (χ4v) is 5.64. The number of methoxy groups -OCH3 is 1. The molecule has 5 rings (SSSR count). The number of ether oxygens (including phenoxy) is 2. The lowest BCUT2D eigenvalue weighted by Gasteiger charge is -2.14. The monoisotopic (exact) mass is 593 g/mol. The first-order valence-corrected chi connectivity index (χ1v) is 13.4. The van der Waals surface area contributed by atoms with Crippen LogP contribution in [0, 0.1) is 0 Å². The zero-order valence-electron chi connectivity index (χ0n) is 19.7. The third kappa shape index (κ3) is 5.54. The third-order valence-electron chi connectivity index (χ3n) is 5.91. The maximum Gasteiger partial charge on any atom is 0.293 e. The van der Waals surface area contributed by atoms with E-state index < -0.39 is 0 Å². The highest BCUT2D eigenvalue weighted by atomic mass is 79.9. The number of fused-ring (bicyclic) bond motifs is 1. The summed E-state index contributed by atoms with van der Waals surface area (Å²) in [7, 11) is 1.55. The molecule has 37 heavy (non-hydrogen) atoms. The van der Waals surface area contributed by atoms with E-state index in [4.69, 9.17) is 21.1 Å². The molecule has 0 saturated carbocycles. The van der Waals surface area contributed by atoms with E-state index in [1.54, 1.807) is 19.3 Å². The number of carbonyl (C=O) groups is 2. The van der Waals surface area contributed by atoms with Crippen LogP contribution in [0.3, 0.4) is 0 Å². The summed E-state index contributed by atoms with van der Waals surface area (Å²) >= 11 is 10.7. The average Bonchev–Trinajstić information content (AvgIpc) is 3.15. The molecule has 0 atom stereocenters. The topological polar surface area (TPSA) is 55.8 Å². The van der Waals surface area contributed by atoms with Crippen LogP contribution in [-0.2, 0) is 17.9 Å². The van der Waals surface area contributed by atoms with Crippen molar-refractivity contribution in [3.05, 3.63) is 110 Å². The van der Waals surface area contributed by atoms with Crippen molar-refractivity contribution < 1.29 is 19.1 Å². The van der Waals surface area contributed by atoms with E-state index in [0.717, 1.165) is 33.7 Å². The van der Waals surface area contributed by atoms with Crippen molar-refractivity contribution in [2.45, 2.75) is 13.2 Å². The zero-order chi connectivity index (χ0) is 25.9. The van der Waals surface area contributed by atoms with E-state index in [1.807, 2.05) is 72.8 Å². The molecule has 0 spiro atoms. The fourth-order valence-electron chi connectivity index (χ4n) is 4.04. The molecule has 0 radical (unpaired) electrons. The van der Waals surface area contributed by atoms with E-state index in [2.05, 4.69) is 15.9 Å². The smallest absolute Gasteiger partial charge is 0.293 e. The molecule has 1 aliphatic rings. The van der Waals surface area contributed by atoms with Gasteiger partial charge in [0.05, 0.1) is 23.0 Å².